The van der Waals surface area contributed by atoms with E-state index in [1.54, 1.807) is 12.3 Å². The number of hydrogen-bond donors (Lipinski definition) is 0. The molecular formula is C14H19Cl2N3O. The minimum absolute atomic E-state index is 0.347. The lowest BCUT2D eigenvalue weighted by atomic mass is 10.1. The van der Waals surface area contributed by atoms with Crippen LogP contribution < -0.4 is 0 Å². The van der Waals surface area contributed by atoms with Gasteiger partial charge in [-0.2, -0.15) is 0 Å². The number of aromatic nitrogens is 3. The standard InChI is InChI=1S/C14H19Cl2N3O/c1-10(2)3-5-20-6-4-19-13(8-15)18-12-7-11(16)9-17-14(12)19/h7,9-10H,3-6,8H2,1-2H3. The summed E-state index contributed by atoms with van der Waals surface area (Å²) in [5.74, 6) is 1.80. The second-order valence-corrected chi connectivity index (χ2v) is 5.81. The molecule has 0 atom stereocenters. The van der Waals surface area contributed by atoms with E-state index in [9.17, 15) is 0 Å². The van der Waals surface area contributed by atoms with Gasteiger partial charge in [0.1, 0.15) is 11.3 Å². The van der Waals surface area contributed by atoms with Crippen molar-refractivity contribution in [2.75, 3.05) is 13.2 Å². The lowest BCUT2D eigenvalue weighted by Gasteiger charge is -2.09. The lowest BCUT2D eigenvalue weighted by Crippen LogP contribution is -2.10. The topological polar surface area (TPSA) is 39.9 Å². The van der Waals surface area contributed by atoms with Crippen molar-refractivity contribution in [2.24, 2.45) is 5.92 Å². The predicted molar refractivity (Wildman–Crippen MR) is 82.4 cm³/mol. The van der Waals surface area contributed by atoms with Crippen molar-refractivity contribution in [1.82, 2.24) is 14.5 Å². The minimum atomic E-state index is 0.347. The van der Waals surface area contributed by atoms with Crippen molar-refractivity contribution in [1.29, 1.82) is 0 Å². The van der Waals surface area contributed by atoms with Crippen LogP contribution in [0.4, 0.5) is 0 Å². The molecule has 0 saturated carbocycles. The molecule has 0 unspecified atom stereocenters. The van der Waals surface area contributed by atoms with Crippen molar-refractivity contribution >= 4 is 34.4 Å². The Morgan fingerprint density at radius 2 is 2.15 bits per heavy atom. The van der Waals surface area contributed by atoms with E-state index in [0.717, 1.165) is 30.0 Å². The molecule has 0 radical (unpaired) electrons. The van der Waals surface area contributed by atoms with Crippen LogP contribution in [-0.2, 0) is 17.2 Å². The maximum atomic E-state index is 5.94. The number of rotatable bonds is 7. The third-order valence-corrected chi connectivity index (χ3v) is 3.49. The van der Waals surface area contributed by atoms with Crippen LogP contribution in [0.1, 0.15) is 26.1 Å². The molecule has 20 heavy (non-hydrogen) atoms. The fourth-order valence-electron chi connectivity index (χ4n) is 1.95. The van der Waals surface area contributed by atoms with Gasteiger partial charge in [-0.05, 0) is 18.4 Å². The fraction of sp³-hybridized carbons (Fsp3) is 0.571. The van der Waals surface area contributed by atoms with Gasteiger partial charge in [-0.3, -0.25) is 0 Å². The van der Waals surface area contributed by atoms with E-state index in [2.05, 4.69) is 23.8 Å². The summed E-state index contributed by atoms with van der Waals surface area (Å²) in [6.07, 6.45) is 2.70. The molecule has 0 spiro atoms. The van der Waals surface area contributed by atoms with Gasteiger partial charge in [-0.15, -0.1) is 11.6 Å². The molecule has 0 aliphatic carbocycles. The van der Waals surface area contributed by atoms with Gasteiger partial charge >= 0.3 is 0 Å². The number of ether oxygens (including phenoxy) is 1. The zero-order chi connectivity index (χ0) is 14.5. The van der Waals surface area contributed by atoms with Gasteiger partial charge in [0, 0.05) is 19.3 Å². The smallest absolute Gasteiger partial charge is 0.160 e. The van der Waals surface area contributed by atoms with Crippen LogP contribution in [0.3, 0.4) is 0 Å². The highest BCUT2D eigenvalue weighted by Crippen LogP contribution is 2.19. The first-order valence-corrected chi connectivity index (χ1v) is 7.67. The summed E-state index contributed by atoms with van der Waals surface area (Å²) in [6.45, 7) is 6.48. The number of hydrogen-bond acceptors (Lipinski definition) is 3. The summed E-state index contributed by atoms with van der Waals surface area (Å²) in [5.41, 5.74) is 1.58. The highest BCUT2D eigenvalue weighted by atomic mass is 35.5. The summed E-state index contributed by atoms with van der Waals surface area (Å²) in [7, 11) is 0. The van der Waals surface area contributed by atoms with E-state index in [-0.39, 0.29) is 0 Å². The molecular weight excluding hydrogens is 297 g/mol. The molecule has 4 nitrogen and oxygen atoms in total. The Bertz CT molecular complexity index is 569. The molecule has 0 bridgehead atoms. The average Bonchev–Trinajstić information content (AvgIpc) is 2.75. The van der Waals surface area contributed by atoms with Crippen LogP contribution in [-0.4, -0.2) is 27.7 Å². The third kappa shape index (κ3) is 3.84. The van der Waals surface area contributed by atoms with Crippen LogP contribution >= 0.6 is 23.2 Å². The van der Waals surface area contributed by atoms with E-state index in [1.807, 2.05) is 4.57 Å². The Labute approximate surface area is 129 Å². The average molecular weight is 316 g/mol. The van der Waals surface area contributed by atoms with Crippen LogP contribution in [0.5, 0.6) is 0 Å². The third-order valence-electron chi connectivity index (χ3n) is 3.05. The second-order valence-electron chi connectivity index (χ2n) is 5.10. The molecule has 110 valence electrons. The SMILES string of the molecule is CC(C)CCOCCn1c(CCl)nc2cc(Cl)cnc21. The Morgan fingerprint density at radius 3 is 2.85 bits per heavy atom. The number of fused-ring (bicyclic) bond motifs is 1. The normalized spacial score (nSPS) is 11.7. The zero-order valence-electron chi connectivity index (χ0n) is 11.8. The number of nitrogens with zero attached hydrogens (tertiary/aromatic N) is 3. The van der Waals surface area contributed by atoms with E-state index in [1.165, 1.54) is 0 Å². The first kappa shape index (κ1) is 15.5. The van der Waals surface area contributed by atoms with Gasteiger partial charge in [-0.25, -0.2) is 9.97 Å². The monoisotopic (exact) mass is 315 g/mol. The zero-order valence-corrected chi connectivity index (χ0v) is 13.3. The van der Waals surface area contributed by atoms with Gasteiger partial charge in [0.2, 0.25) is 0 Å². The Kier molecular flexibility index (Phi) is 5.64. The van der Waals surface area contributed by atoms with Crippen molar-refractivity contribution in [2.45, 2.75) is 32.7 Å². The summed E-state index contributed by atoms with van der Waals surface area (Å²) < 4.78 is 7.64. The molecule has 2 heterocycles. The molecule has 0 aliphatic rings. The molecule has 6 heteroatoms. The number of halogens is 2. The Morgan fingerprint density at radius 1 is 1.35 bits per heavy atom. The van der Waals surface area contributed by atoms with Gasteiger partial charge in [0.25, 0.3) is 0 Å². The highest BCUT2D eigenvalue weighted by molar-refractivity contribution is 6.31. The molecule has 0 N–H and O–H groups in total. The maximum absolute atomic E-state index is 5.94. The van der Waals surface area contributed by atoms with Gasteiger partial charge in [0.05, 0.1) is 17.5 Å². The van der Waals surface area contributed by atoms with E-state index < -0.39 is 0 Å². The van der Waals surface area contributed by atoms with E-state index in [0.29, 0.717) is 30.0 Å². The number of imidazole rings is 1. The van der Waals surface area contributed by atoms with Gasteiger partial charge < -0.3 is 9.30 Å². The summed E-state index contributed by atoms with van der Waals surface area (Å²) in [6, 6.07) is 1.80. The molecule has 0 saturated heterocycles. The number of alkyl halides is 1. The van der Waals surface area contributed by atoms with Crippen LogP contribution in [0.25, 0.3) is 11.2 Å². The summed E-state index contributed by atoms with van der Waals surface area (Å²) in [5, 5.41) is 0.580. The Hall–Kier alpha value is -0.840. The molecule has 0 fully saturated rings. The molecule has 0 aliphatic heterocycles. The van der Waals surface area contributed by atoms with Crippen molar-refractivity contribution in [3.63, 3.8) is 0 Å². The second kappa shape index (κ2) is 7.25. The van der Waals surface area contributed by atoms with Crippen molar-refractivity contribution in [3.8, 4) is 0 Å². The van der Waals surface area contributed by atoms with E-state index >= 15 is 0 Å². The van der Waals surface area contributed by atoms with Crippen LogP contribution in [0.15, 0.2) is 12.3 Å². The summed E-state index contributed by atoms with van der Waals surface area (Å²) in [4.78, 5) is 8.78. The fourth-order valence-corrected chi connectivity index (χ4v) is 2.30. The molecule has 2 aromatic heterocycles. The Balaban J connectivity index is 2.04. The van der Waals surface area contributed by atoms with Crippen LogP contribution in [0.2, 0.25) is 5.02 Å². The highest BCUT2D eigenvalue weighted by Gasteiger charge is 2.11. The molecule has 0 amide bonds. The van der Waals surface area contributed by atoms with Gasteiger partial charge in [0.15, 0.2) is 5.65 Å². The maximum Gasteiger partial charge on any atom is 0.160 e. The first-order valence-electron chi connectivity index (χ1n) is 6.76. The first-order chi connectivity index (χ1) is 9.61. The minimum Gasteiger partial charge on any atom is -0.380 e. The van der Waals surface area contributed by atoms with Crippen molar-refractivity contribution in [3.05, 3.63) is 23.1 Å². The predicted octanol–water partition coefficient (Wildman–Crippen LogP) is 3.89. The van der Waals surface area contributed by atoms with E-state index in [4.69, 9.17) is 27.9 Å². The van der Waals surface area contributed by atoms with Crippen molar-refractivity contribution < 1.29 is 4.74 Å². The molecule has 0 aromatic carbocycles. The molecule has 2 aromatic rings. The number of pyridine rings is 1. The largest absolute Gasteiger partial charge is 0.380 e. The molecule has 2 rings (SSSR count). The van der Waals surface area contributed by atoms with Crippen LogP contribution in [0, 0.1) is 5.92 Å². The summed E-state index contributed by atoms with van der Waals surface area (Å²) >= 11 is 11.9. The lowest BCUT2D eigenvalue weighted by molar-refractivity contribution is 0.116. The quantitative estimate of drug-likeness (QED) is 0.575. The van der Waals surface area contributed by atoms with Gasteiger partial charge in [-0.1, -0.05) is 25.4 Å².